The van der Waals surface area contributed by atoms with Crippen LogP contribution in [0.5, 0.6) is 0 Å². The van der Waals surface area contributed by atoms with Crippen molar-refractivity contribution in [2.45, 2.75) is 13.0 Å². The number of hydrogen-bond acceptors (Lipinski definition) is 2. The van der Waals surface area contributed by atoms with E-state index in [1.165, 1.54) is 4.90 Å². The minimum absolute atomic E-state index is 0.115. The molecule has 0 bridgehead atoms. The van der Waals surface area contributed by atoms with Gasteiger partial charge in [-0.2, -0.15) is 0 Å². The largest absolute Gasteiger partial charge is 0.364 e. The summed E-state index contributed by atoms with van der Waals surface area (Å²) in [5.74, 6) is 2.33. The Bertz CT molecular complexity index is 394. The third-order valence-electron chi connectivity index (χ3n) is 2.36. The maximum Gasteiger partial charge on any atom is 0.256 e. The summed E-state index contributed by atoms with van der Waals surface area (Å²) in [6, 6.07) is 9.43. The Hall–Kier alpha value is -1.79. The monoisotopic (exact) mass is 231 g/mol. The van der Waals surface area contributed by atoms with Gasteiger partial charge < -0.3 is 9.64 Å². The smallest absolute Gasteiger partial charge is 0.256 e. The SMILES string of the molecule is C#CCN(C)C(=O)C(OCC)c1ccccc1. The first-order valence-electron chi connectivity index (χ1n) is 5.55. The second-order valence-electron chi connectivity index (χ2n) is 3.64. The second-order valence-corrected chi connectivity index (χ2v) is 3.64. The number of benzene rings is 1. The van der Waals surface area contributed by atoms with E-state index in [1.807, 2.05) is 37.3 Å². The zero-order valence-electron chi connectivity index (χ0n) is 10.2. The number of nitrogens with zero attached hydrogens (tertiary/aromatic N) is 1. The van der Waals surface area contributed by atoms with Crippen molar-refractivity contribution in [1.82, 2.24) is 4.90 Å². The van der Waals surface area contributed by atoms with Crippen LogP contribution in [-0.4, -0.2) is 31.0 Å². The third-order valence-corrected chi connectivity index (χ3v) is 2.36. The fraction of sp³-hybridized carbons (Fsp3) is 0.357. The van der Waals surface area contributed by atoms with Crippen molar-refractivity contribution < 1.29 is 9.53 Å². The number of amides is 1. The topological polar surface area (TPSA) is 29.5 Å². The minimum atomic E-state index is -0.570. The Morgan fingerprint density at radius 2 is 2.12 bits per heavy atom. The minimum Gasteiger partial charge on any atom is -0.364 e. The molecule has 0 aromatic heterocycles. The molecule has 1 unspecified atom stereocenters. The number of hydrogen-bond donors (Lipinski definition) is 0. The van der Waals surface area contributed by atoms with Gasteiger partial charge in [0.2, 0.25) is 0 Å². The van der Waals surface area contributed by atoms with E-state index in [0.717, 1.165) is 5.56 Å². The van der Waals surface area contributed by atoms with Crippen LogP contribution in [0.2, 0.25) is 0 Å². The first-order chi connectivity index (χ1) is 8.20. The Morgan fingerprint density at radius 3 is 2.65 bits per heavy atom. The van der Waals surface area contributed by atoms with E-state index >= 15 is 0 Å². The lowest BCUT2D eigenvalue weighted by molar-refractivity contribution is -0.142. The first kappa shape index (κ1) is 13.3. The van der Waals surface area contributed by atoms with E-state index in [-0.39, 0.29) is 12.5 Å². The predicted octanol–water partition coefficient (Wildman–Crippen LogP) is 1.86. The number of ether oxygens (including phenoxy) is 1. The molecule has 0 heterocycles. The normalized spacial score (nSPS) is 11.6. The summed E-state index contributed by atoms with van der Waals surface area (Å²) in [6.45, 7) is 2.63. The molecule has 1 aromatic carbocycles. The Balaban J connectivity index is 2.87. The highest BCUT2D eigenvalue weighted by Crippen LogP contribution is 2.19. The molecule has 1 amide bonds. The molecular formula is C14H17NO2. The van der Waals surface area contributed by atoms with Crippen molar-refractivity contribution in [2.75, 3.05) is 20.2 Å². The molecule has 0 radical (unpaired) electrons. The van der Waals surface area contributed by atoms with Gasteiger partial charge in [0, 0.05) is 13.7 Å². The molecular weight excluding hydrogens is 214 g/mol. The van der Waals surface area contributed by atoms with Gasteiger partial charge in [-0.3, -0.25) is 4.79 Å². The Morgan fingerprint density at radius 1 is 1.47 bits per heavy atom. The van der Waals surface area contributed by atoms with Crippen LogP contribution in [-0.2, 0) is 9.53 Å². The molecule has 1 rings (SSSR count). The number of carbonyl (C=O) groups is 1. The summed E-state index contributed by atoms with van der Waals surface area (Å²) in [6.07, 6.45) is 4.63. The predicted molar refractivity (Wildman–Crippen MR) is 67.3 cm³/mol. The quantitative estimate of drug-likeness (QED) is 0.724. The van der Waals surface area contributed by atoms with Crippen LogP contribution in [0.25, 0.3) is 0 Å². The Labute approximate surface area is 102 Å². The summed E-state index contributed by atoms with van der Waals surface area (Å²) in [7, 11) is 1.68. The van der Waals surface area contributed by atoms with Gasteiger partial charge in [-0.05, 0) is 12.5 Å². The molecule has 0 spiro atoms. The molecule has 0 aliphatic carbocycles. The van der Waals surface area contributed by atoms with Gasteiger partial charge in [0.05, 0.1) is 6.54 Å². The summed E-state index contributed by atoms with van der Waals surface area (Å²) in [4.78, 5) is 13.6. The van der Waals surface area contributed by atoms with Gasteiger partial charge in [0.15, 0.2) is 6.10 Å². The first-order valence-corrected chi connectivity index (χ1v) is 5.55. The lowest BCUT2D eigenvalue weighted by atomic mass is 10.1. The van der Waals surface area contributed by atoms with Crippen molar-refractivity contribution in [3.63, 3.8) is 0 Å². The van der Waals surface area contributed by atoms with E-state index in [2.05, 4.69) is 5.92 Å². The molecule has 1 atom stereocenters. The molecule has 90 valence electrons. The molecule has 0 N–H and O–H groups in total. The van der Waals surface area contributed by atoms with Crippen LogP contribution < -0.4 is 0 Å². The summed E-state index contributed by atoms with van der Waals surface area (Å²) >= 11 is 0. The number of rotatable bonds is 5. The fourth-order valence-corrected chi connectivity index (χ4v) is 1.52. The molecule has 3 nitrogen and oxygen atoms in total. The van der Waals surface area contributed by atoms with E-state index < -0.39 is 6.10 Å². The maximum atomic E-state index is 12.1. The van der Waals surface area contributed by atoms with Crippen LogP contribution >= 0.6 is 0 Å². The Kier molecular flexibility index (Phi) is 5.25. The summed E-state index contributed by atoms with van der Waals surface area (Å²) in [5, 5.41) is 0. The summed E-state index contributed by atoms with van der Waals surface area (Å²) in [5.41, 5.74) is 0.850. The molecule has 0 aliphatic rings. The van der Waals surface area contributed by atoms with Crippen molar-refractivity contribution in [3.05, 3.63) is 35.9 Å². The van der Waals surface area contributed by atoms with E-state index in [0.29, 0.717) is 6.61 Å². The zero-order chi connectivity index (χ0) is 12.7. The van der Waals surface area contributed by atoms with E-state index in [9.17, 15) is 4.79 Å². The standard InChI is InChI=1S/C14H17NO2/c1-4-11-15(3)14(16)13(17-5-2)12-9-7-6-8-10-12/h1,6-10,13H,5,11H2,2-3H3. The van der Waals surface area contributed by atoms with Crippen molar-refractivity contribution in [2.24, 2.45) is 0 Å². The van der Waals surface area contributed by atoms with Crippen LogP contribution in [0, 0.1) is 12.3 Å². The average molecular weight is 231 g/mol. The van der Waals surface area contributed by atoms with E-state index in [1.54, 1.807) is 7.05 Å². The molecule has 0 saturated heterocycles. The molecule has 0 aliphatic heterocycles. The van der Waals surface area contributed by atoms with Crippen LogP contribution in [0.15, 0.2) is 30.3 Å². The van der Waals surface area contributed by atoms with Crippen molar-refractivity contribution in [1.29, 1.82) is 0 Å². The highest BCUT2D eigenvalue weighted by atomic mass is 16.5. The second kappa shape index (κ2) is 6.72. The number of carbonyl (C=O) groups excluding carboxylic acids is 1. The van der Waals surface area contributed by atoms with Gasteiger partial charge in [-0.25, -0.2) is 0 Å². The van der Waals surface area contributed by atoms with Gasteiger partial charge in [-0.1, -0.05) is 36.3 Å². The van der Waals surface area contributed by atoms with Gasteiger partial charge in [-0.15, -0.1) is 6.42 Å². The zero-order valence-corrected chi connectivity index (χ0v) is 10.2. The molecule has 17 heavy (non-hydrogen) atoms. The van der Waals surface area contributed by atoms with Crippen LogP contribution in [0.3, 0.4) is 0 Å². The number of likely N-dealkylation sites (N-methyl/N-ethyl adjacent to an activating group) is 1. The lowest BCUT2D eigenvalue weighted by Crippen LogP contribution is -2.33. The summed E-state index contributed by atoms with van der Waals surface area (Å²) < 4.78 is 5.50. The van der Waals surface area contributed by atoms with Crippen molar-refractivity contribution in [3.8, 4) is 12.3 Å². The molecule has 0 fully saturated rings. The van der Waals surface area contributed by atoms with Gasteiger partial charge >= 0.3 is 0 Å². The molecule has 1 aromatic rings. The van der Waals surface area contributed by atoms with Gasteiger partial charge in [0.25, 0.3) is 5.91 Å². The van der Waals surface area contributed by atoms with Crippen LogP contribution in [0.1, 0.15) is 18.6 Å². The lowest BCUT2D eigenvalue weighted by Gasteiger charge is -2.22. The van der Waals surface area contributed by atoms with E-state index in [4.69, 9.17) is 11.2 Å². The highest BCUT2D eigenvalue weighted by Gasteiger charge is 2.23. The third kappa shape index (κ3) is 3.61. The highest BCUT2D eigenvalue weighted by molar-refractivity contribution is 5.82. The molecule has 3 heteroatoms. The average Bonchev–Trinajstić information content (AvgIpc) is 2.36. The number of terminal acetylenes is 1. The fourth-order valence-electron chi connectivity index (χ4n) is 1.52. The van der Waals surface area contributed by atoms with Gasteiger partial charge in [0.1, 0.15) is 0 Å². The van der Waals surface area contributed by atoms with Crippen molar-refractivity contribution >= 4 is 5.91 Å². The maximum absolute atomic E-state index is 12.1. The molecule has 0 saturated carbocycles. The van der Waals surface area contributed by atoms with Crippen LogP contribution in [0.4, 0.5) is 0 Å².